The van der Waals surface area contributed by atoms with Crippen LogP contribution in [0.15, 0.2) is 77.4 Å². The molecule has 2 N–H and O–H groups in total. The third kappa shape index (κ3) is 4.00. The predicted octanol–water partition coefficient (Wildman–Crippen LogP) is 3.79. The van der Waals surface area contributed by atoms with Crippen molar-refractivity contribution in [2.75, 3.05) is 34.4 Å². The molecule has 4 rings (SSSR count). The highest BCUT2D eigenvalue weighted by Gasteiger charge is 2.34. The summed E-state index contributed by atoms with van der Waals surface area (Å²) in [6.07, 6.45) is 2.04. The van der Waals surface area contributed by atoms with E-state index in [9.17, 15) is 5.26 Å². The highest BCUT2D eigenvalue weighted by Crippen LogP contribution is 2.42. The Labute approximate surface area is 182 Å². The normalized spacial score (nSPS) is 19.0. The standard InChI is InChI=1S/C25H25N3O3/c1-28-14-18(16-4-8-19(29-2)9-5-16)12-23-22(15-28)24(21(13-26)25(27)31-23)17-6-10-20(30-3)11-7-17/h4-12,24H,14-15,27H2,1-3H3. The van der Waals surface area contributed by atoms with Crippen molar-refractivity contribution in [2.24, 2.45) is 5.73 Å². The molecule has 2 heterocycles. The van der Waals surface area contributed by atoms with Crippen molar-refractivity contribution in [3.8, 4) is 17.6 Å². The van der Waals surface area contributed by atoms with E-state index in [-0.39, 0.29) is 11.8 Å². The first-order valence-electron chi connectivity index (χ1n) is 10.0. The molecule has 6 nitrogen and oxygen atoms in total. The van der Waals surface area contributed by atoms with Crippen molar-refractivity contribution >= 4 is 5.57 Å². The second kappa shape index (κ2) is 8.58. The van der Waals surface area contributed by atoms with Crippen molar-refractivity contribution in [3.05, 3.63) is 88.5 Å². The summed E-state index contributed by atoms with van der Waals surface area (Å²) in [5.74, 6) is 2.16. The van der Waals surface area contributed by atoms with Gasteiger partial charge in [-0.3, -0.25) is 4.90 Å². The Bertz CT molecular complexity index is 1110. The lowest BCUT2D eigenvalue weighted by Gasteiger charge is -2.29. The van der Waals surface area contributed by atoms with E-state index < -0.39 is 0 Å². The minimum atomic E-state index is -0.270. The van der Waals surface area contributed by atoms with E-state index in [1.807, 2.05) is 54.6 Å². The van der Waals surface area contributed by atoms with Crippen LogP contribution in [0.1, 0.15) is 17.0 Å². The Hall–Kier alpha value is -3.69. The van der Waals surface area contributed by atoms with Gasteiger partial charge in [-0.2, -0.15) is 5.26 Å². The Morgan fingerprint density at radius 3 is 2.19 bits per heavy atom. The van der Waals surface area contributed by atoms with Gasteiger partial charge in [0.2, 0.25) is 5.88 Å². The molecule has 1 atom stereocenters. The van der Waals surface area contributed by atoms with Gasteiger partial charge in [-0.05, 0) is 59.7 Å². The van der Waals surface area contributed by atoms with Crippen molar-refractivity contribution in [3.63, 3.8) is 0 Å². The third-order valence-electron chi connectivity index (χ3n) is 5.66. The molecule has 0 bridgehead atoms. The molecule has 2 aliphatic rings. The SMILES string of the molecule is COc1ccc(C2=CC3=C(CN(C)C2)C(c2ccc(OC)cc2)C(C#N)=C(N)O3)cc1. The maximum atomic E-state index is 9.84. The molecule has 0 saturated carbocycles. The van der Waals surface area contributed by atoms with Gasteiger partial charge in [-0.25, -0.2) is 0 Å². The van der Waals surface area contributed by atoms with Crippen LogP contribution < -0.4 is 15.2 Å². The summed E-state index contributed by atoms with van der Waals surface area (Å²) in [4.78, 5) is 2.22. The molecule has 2 aromatic rings. The molecule has 158 valence electrons. The van der Waals surface area contributed by atoms with Gasteiger partial charge >= 0.3 is 0 Å². The van der Waals surface area contributed by atoms with Crippen LogP contribution in [0.5, 0.6) is 11.5 Å². The minimum Gasteiger partial charge on any atom is -0.497 e. The van der Waals surface area contributed by atoms with Gasteiger partial charge in [-0.1, -0.05) is 24.3 Å². The van der Waals surface area contributed by atoms with Crippen LogP contribution in [0.4, 0.5) is 0 Å². The lowest BCUT2D eigenvalue weighted by Crippen LogP contribution is -2.28. The quantitative estimate of drug-likeness (QED) is 0.818. The summed E-state index contributed by atoms with van der Waals surface area (Å²) in [7, 11) is 5.35. The monoisotopic (exact) mass is 415 g/mol. The van der Waals surface area contributed by atoms with E-state index in [0.717, 1.165) is 40.3 Å². The van der Waals surface area contributed by atoms with Gasteiger partial charge in [0, 0.05) is 13.1 Å². The number of ether oxygens (including phenoxy) is 3. The first-order valence-corrected chi connectivity index (χ1v) is 10.0. The molecule has 31 heavy (non-hydrogen) atoms. The van der Waals surface area contributed by atoms with Gasteiger partial charge < -0.3 is 19.9 Å². The number of benzene rings is 2. The number of hydrogen-bond acceptors (Lipinski definition) is 6. The lowest BCUT2D eigenvalue weighted by molar-refractivity contribution is 0.286. The average Bonchev–Trinajstić information content (AvgIpc) is 2.96. The Balaban J connectivity index is 1.81. The van der Waals surface area contributed by atoms with Gasteiger partial charge in [0.05, 0.1) is 20.1 Å². The molecule has 2 aromatic carbocycles. The zero-order chi connectivity index (χ0) is 22.0. The number of allylic oxidation sites excluding steroid dienone is 2. The molecule has 0 radical (unpaired) electrons. The van der Waals surface area contributed by atoms with Crippen molar-refractivity contribution in [1.82, 2.24) is 4.90 Å². The molecule has 0 saturated heterocycles. The first kappa shape index (κ1) is 20.6. The Kier molecular flexibility index (Phi) is 5.70. The molecule has 0 aromatic heterocycles. The first-order chi connectivity index (χ1) is 15.0. The lowest BCUT2D eigenvalue weighted by atomic mass is 9.82. The number of methoxy groups -OCH3 is 2. The summed E-state index contributed by atoms with van der Waals surface area (Å²) in [5, 5.41) is 9.84. The molecular weight excluding hydrogens is 390 g/mol. The number of nitrogens with zero attached hydrogens (tertiary/aromatic N) is 2. The highest BCUT2D eigenvalue weighted by molar-refractivity contribution is 5.71. The Morgan fingerprint density at radius 1 is 1.00 bits per heavy atom. The van der Waals surface area contributed by atoms with Crippen LogP contribution in [0, 0.1) is 11.3 Å². The summed E-state index contributed by atoms with van der Waals surface area (Å²) < 4.78 is 16.5. The second-order valence-electron chi connectivity index (χ2n) is 7.66. The molecule has 6 heteroatoms. The third-order valence-corrected chi connectivity index (χ3v) is 5.66. The molecular formula is C25H25N3O3. The largest absolute Gasteiger partial charge is 0.497 e. The number of nitriles is 1. The van der Waals surface area contributed by atoms with Crippen molar-refractivity contribution < 1.29 is 14.2 Å². The molecule has 1 unspecified atom stereocenters. The van der Waals surface area contributed by atoms with E-state index in [1.165, 1.54) is 0 Å². The van der Waals surface area contributed by atoms with Gasteiger partial charge in [0.15, 0.2) is 0 Å². The van der Waals surface area contributed by atoms with E-state index in [0.29, 0.717) is 17.9 Å². The number of rotatable bonds is 4. The molecule has 0 amide bonds. The van der Waals surface area contributed by atoms with Crippen molar-refractivity contribution in [2.45, 2.75) is 5.92 Å². The van der Waals surface area contributed by atoms with Crippen LogP contribution >= 0.6 is 0 Å². The van der Waals surface area contributed by atoms with Crippen LogP contribution in [-0.4, -0.2) is 39.3 Å². The predicted molar refractivity (Wildman–Crippen MR) is 119 cm³/mol. The smallest absolute Gasteiger partial charge is 0.205 e. The minimum absolute atomic E-state index is 0.150. The maximum absolute atomic E-state index is 9.84. The second-order valence-corrected chi connectivity index (χ2v) is 7.66. The fourth-order valence-electron chi connectivity index (χ4n) is 4.09. The number of hydrogen-bond donors (Lipinski definition) is 1. The van der Waals surface area contributed by atoms with E-state index >= 15 is 0 Å². The van der Waals surface area contributed by atoms with E-state index in [2.05, 4.69) is 18.0 Å². The fourth-order valence-corrected chi connectivity index (χ4v) is 4.09. The molecule has 0 aliphatic carbocycles. The van der Waals surface area contributed by atoms with E-state index in [4.69, 9.17) is 19.9 Å². The molecule has 0 fully saturated rings. The summed E-state index contributed by atoms with van der Waals surface area (Å²) in [6.45, 7) is 1.39. The molecule has 2 aliphatic heterocycles. The fraction of sp³-hybridized carbons (Fsp3) is 0.240. The number of likely N-dealkylation sites (N-methyl/N-ethyl adjacent to an activating group) is 1. The average molecular weight is 415 g/mol. The van der Waals surface area contributed by atoms with Gasteiger partial charge in [0.1, 0.15) is 28.9 Å². The van der Waals surface area contributed by atoms with Crippen molar-refractivity contribution in [1.29, 1.82) is 5.26 Å². The number of nitrogens with two attached hydrogens (primary N) is 1. The Morgan fingerprint density at radius 2 is 1.61 bits per heavy atom. The summed E-state index contributed by atoms with van der Waals surface area (Å²) in [5.41, 5.74) is 10.8. The summed E-state index contributed by atoms with van der Waals surface area (Å²) >= 11 is 0. The maximum Gasteiger partial charge on any atom is 0.205 e. The van der Waals surface area contributed by atoms with Gasteiger partial charge in [-0.15, -0.1) is 0 Å². The zero-order valence-corrected chi connectivity index (χ0v) is 17.9. The van der Waals surface area contributed by atoms with Crippen LogP contribution in [0.3, 0.4) is 0 Å². The zero-order valence-electron chi connectivity index (χ0n) is 17.9. The topological polar surface area (TPSA) is 80.7 Å². The summed E-state index contributed by atoms with van der Waals surface area (Å²) in [6, 6.07) is 18.0. The van der Waals surface area contributed by atoms with Crippen LogP contribution in [0.25, 0.3) is 5.57 Å². The molecule has 0 spiro atoms. The van der Waals surface area contributed by atoms with E-state index in [1.54, 1.807) is 14.2 Å². The van der Waals surface area contributed by atoms with Crippen LogP contribution in [0.2, 0.25) is 0 Å². The highest BCUT2D eigenvalue weighted by atomic mass is 16.5. The van der Waals surface area contributed by atoms with Crippen LogP contribution in [-0.2, 0) is 4.74 Å². The van der Waals surface area contributed by atoms with Gasteiger partial charge in [0.25, 0.3) is 0 Å².